The van der Waals surface area contributed by atoms with Crippen molar-refractivity contribution in [3.8, 4) is 0 Å². The maximum Gasteiger partial charge on any atom is 0.0815 e. The predicted molar refractivity (Wildman–Crippen MR) is 52.7 cm³/mol. The van der Waals surface area contributed by atoms with E-state index < -0.39 is 5.60 Å². The Bertz CT molecular complexity index is 174. The van der Waals surface area contributed by atoms with Crippen molar-refractivity contribution in [2.24, 2.45) is 0 Å². The van der Waals surface area contributed by atoms with Gasteiger partial charge in [-0.3, -0.25) is 0 Å². The molecule has 1 heterocycles. The highest BCUT2D eigenvalue weighted by molar-refractivity contribution is 4.92. The molecule has 76 valence electrons. The lowest BCUT2D eigenvalue weighted by Crippen LogP contribution is -2.45. The molecule has 2 N–H and O–H groups in total. The lowest BCUT2D eigenvalue weighted by Gasteiger charge is -2.32. The first-order valence-electron chi connectivity index (χ1n) is 4.78. The van der Waals surface area contributed by atoms with Crippen LogP contribution in [0.25, 0.3) is 0 Å². The summed E-state index contributed by atoms with van der Waals surface area (Å²) in [5, 5.41) is 13.2. The Morgan fingerprint density at radius 1 is 1.54 bits per heavy atom. The average Bonchev–Trinajstić information content (AvgIpc) is 2.04. The van der Waals surface area contributed by atoms with E-state index in [1.807, 2.05) is 6.92 Å². The molecule has 0 aliphatic carbocycles. The minimum Gasteiger partial charge on any atom is -0.388 e. The summed E-state index contributed by atoms with van der Waals surface area (Å²) in [6, 6.07) is 0. The third kappa shape index (κ3) is 3.89. The number of hydrogen-bond acceptors (Lipinski definition) is 3. The second-order valence-corrected chi connectivity index (χ2v) is 3.90. The molecule has 0 radical (unpaired) electrons. The van der Waals surface area contributed by atoms with Gasteiger partial charge in [-0.25, -0.2) is 0 Å². The predicted octanol–water partition coefficient (Wildman–Crippen LogP) is 0.694. The Morgan fingerprint density at radius 3 is 2.69 bits per heavy atom. The SMILES string of the molecule is C=C(C)CNCC1(O)CCOCC1. The van der Waals surface area contributed by atoms with Crippen molar-refractivity contribution in [3.05, 3.63) is 12.2 Å². The van der Waals surface area contributed by atoms with E-state index in [0.29, 0.717) is 19.8 Å². The molecule has 1 rings (SSSR count). The summed E-state index contributed by atoms with van der Waals surface area (Å²) < 4.78 is 5.19. The molecular weight excluding hydrogens is 166 g/mol. The first-order valence-corrected chi connectivity index (χ1v) is 4.78. The summed E-state index contributed by atoms with van der Waals surface area (Å²) in [4.78, 5) is 0. The Kier molecular flexibility index (Phi) is 3.90. The van der Waals surface area contributed by atoms with Crippen LogP contribution >= 0.6 is 0 Å². The first-order chi connectivity index (χ1) is 6.12. The van der Waals surface area contributed by atoms with Crippen LogP contribution < -0.4 is 5.32 Å². The fourth-order valence-corrected chi connectivity index (χ4v) is 1.44. The van der Waals surface area contributed by atoms with Crippen LogP contribution in [0.4, 0.5) is 0 Å². The molecule has 0 amide bonds. The van der Waals surface area contributed by atoms with Crippen molar-refractivity contribution in [2.75, 3.05) is 26.3 Å². The standard InChI is InChI=1S/C10H19NO2/c1-9(2)7-11-8-10(12)3-5-13-6-4-10/h11-12H,1,3-8H2,2H3. The van der Waals surface area contributed by atoms with E-state index in [4.69, 9.17) is 4.74 Å². The number of ether oxygens (including phenoxy) is 1. The van der Waals surface area contributed by atoms with Crippen LogP contribution in [0, 0.1) is 0 Å². The lowest BCUT2D eigenvalue weighted by atomic mass is 9.94. The summed E-state index contributed by atoms with van der Waals surface area (Å²) in [5.41, 5.74) is 0.531. The first kappa shape index (κ1) is 10.7. The summed E-state index contributed by atoms with van der Waals surface area (Å²) >= 11 is 0. The van der Waals surface area contributed by atoms with Gasteiger partial charge in [-0.2, -0.15) is 0 Å². The van der Waals surface area contributed by atoms with Gasteiger partial charge >= 0.3 is 0 Å². The van der Waals surface area contributed by atoms with E-state index in [1.54, 1.807) is 0 Å². The van der Waals surface area contributed by atoms with Gasteiger partial charge in [0.15, 0.2) is 0 Å². The number of nitrogens with one attached hydrogen (secondary N) is 1. The Hall–Kier alpha value is -0.380. The van der Waals surface area contributed by atoms with Gasteiger partial charge in [0.2, 0.25) is 0 Å². The number of hydrogen-bond donors (Lipinski definition) is 2. The number of aliphatic hydroxyl groups is 1. The molecule has 0 bridgehead atoms. The smallest absolute Gasteiger partial charge is 0.0815 e. The molecule has 0 aromatic rings. The fraction of sp³-hybridized carbons (Fsp3) is 0.800. The van der Waals surface area contributed by atoms with Crippen molar-refractivity contribution < 1.29 is 9.84 Å². The molecule has 0 aromatic heterocycles. The minimum atomic E-state index is -0.562. The van der Waals surface area contributed by atoms with Crippen molar-refractivity contribution in [2.45, 2.75) is 25.4 Å². The van der Waals surface area contributed by atoms with E-state index in [0.717, 1.165) is 25.0 Å². The van der Waals surface area contributed by atoms with Gasteiger partial charge in [-0.15, -0.1) is 0 Å². The van der Waals surface area contributed by atoms with Gasteiger partial charge in [0, 0.05) is 39.1 Å². The van der Waals surface area contributed by atoms with Crippen molar-refractivity contribution >= 4 is 0 Å². The second-order valence-electron chi connectivity index (χ2n) is 3.90. The van der Waals surface area contributed by atoms with Crippen LogP contribution in [-0.2, 0) is 4.74 Å². The summed E-state index contributed by atoms with van der Waals surface area (Å²) in [6.07, 6.45) is 1.46. The molecule has 0 saturated carbocycles. The van der Waals surface area contributed by atoms with E-state index in [1.165, 1.54) is 0 Å². The topological polar surface area (TPSA) is 41.5 Å². The van der Waals surface area contributed by atoms with Gasteiger partial charge in [0.05, 0.1) is 5.60 Å². The van der Waals surface area contributed by atoms with Crippen LogP contribution in [0.5, 0.6) is 0 Å². The van der Waals surface area contributed by atoms with Gasteiger partial charge in [0.25, 0.3) is 0 Å². The van der Waals surface area contributed by atoms with E-state index >= 15 is 0 Å². The number of rotatable bonds is 4. The highest BCUT2D eigenvalue weighted by atomic mass is 16.5. The zero-order chi connectivity index (χ0) is 9.73. The largest absolute Gasteiger partial charge is 0.388 e. The molecule has 0 atom stereocenters. The highest BCUT2D eigenvalue weighted by Gasteiger charge is 2.28. The van der Waals surface area contributed by atoms with Crippen molar-refractivity contribution in [1.29, 1.82) is 0 Å². The maximum atomic E-state index is 10.0. The quantitative estimate of drug-likeness (QED) is 0.633. The van der Waals surface area contributed by atoms with E-state index in [9.17, 15) is 5.11 Å². The molecule has 1 fully saturated rings. The van der Waals surface area contributed by atoms with Crippen LogP contribution in [0.15, 0.2) is 12.2 Å². The summed E-state index contributed by atoms with van der Waals surface area (Å²) in [6.45, 7) is 8.53. The molecule has 13 heavy (non-hydrogen) atoms. The molecule has 0 aromatic carbocycles. The minimum absolute atomic E-state index is 0.562. The van der Waals surface area contributed by atoms with Gasteiger partial charge < -0.3 is 15.2 Å². The Labute approximate surface area is 79.8 Å². The zero-order valence-electron chi connectivity index (χ0n) is 8.31. The maximum absolute atomic E-state index is 10.0. The van der Waals surface area contributed by atoms with Gasteiger partial charge in [-0.1, -0.05) is 12.2 Å². The van der Waals surface area contributed by atoms with E-state index in [-0.39, 0.29) is 0 Å². The molecule has 3 nitrogen and oxygen atoms in total. The van der Waals surface area contributed by atoms with Gasteiger partial charge in [0.1, 0.15) is 0 Å². The van der Waals surface area contributed by atoms with Crippen LogP contribution in [-0.4, -0.2) is 37.0 Å². The zero-order valence-corrected chi connectivity index (χ0v) is 8.31. The van der Waals surface area contributed by atoms with Crippen LogP contribution in [0.1, 0.15) is 19.8 Å². The fourth-order valence-electron chi connectivity index (χ4n) is 1.44. The molecular formula is C10H19NO2. The van der Waals surface area contributed by atoms with Gasteiger partial charge in [-0.05, 0) is 6.92 Å². The second kappa shape index (κ2) is 4.74. The Balaban J connectivity index is 2.21. The third-order valence-corrected chi connectivity index (χ3v) is 2.30. The highest BCUT2D eigenvalue weighted by Crippen LogP contribution is 2.19. The van der Waals surface area contributed by atoms with E-state index in [2.05, 4.69) is 11.9 Å². The molecule has 1 aliphatic rings. The van der Waals surface area contributed by atoms with Crippen molar-refractivity contribution in [3.63, 3.8) is 0 Å². The summed E-state index contributed by atoms with van der Waals surface area (Å²) in [7, 11) is 0. The van der Waals surface area contributed by atoms with Crippen LogP contribution in [0.2, 0.25) is 0 Å². The Morgan fingerprint density at radius 2 is 2.15 bits per heavy atom. The lowest BCUT2D eigenvalue weighted by molar-refractivity contribution is -0.0611. The van der Waals surface area contributed by atoms with Crippen molar-refractivity contribution in [1.82, 2.24) is 5.32 Å². The summed E-state index contributed by atoms with van der Waals surface area (Å²) in [5.74, 6) is 0. The molecule has 1 saturated heterocycles. The normalized spacial score (nSPS) is 21.4. The monoisotopic (exact) mass is 185 g/mol. The average molecular weight is 185 g/mol. The molecule has 1 aliphatic heterocycles. The van der Waals surface area contributed by atoms with Crippen LogP contribution in [0.3, 0.4) is 0 Å². The molecule has 0 spiro atoms. The molecule has 3 heteroatoms. The third-order valence-electron chi connectivity index (χ3n) is 2.30. The molecule has 0 unspecified atom stereocenters.